The second kappa shape index (κ2) is 2.87. The monoisotopic (exact) mass is 168 g/mol. The van der Waals surface area contributed by atoms with Crippen LogP contribution in [0.15, 0.2) is 30.3 Å². The van der Waals surface area contributed by atoms with E-state index in [4.69, 9.17) is 5.26 Å². The van der Waals surface area contributed by atoms with Crippen LogP contribution in [-0.4, -0.2) is 4.98 Å². The third kappa shape index (κ3) is 1.25. The average molecular weight is 168 g/mol. The van der Waals surface area contributed by atoms with Crippen LogP contribution in [0.2, 0.25) is 0 Å². The van der Waals surface area contributed by atoms with E-state index in [1.807, 2.05) is 43.3 Å². The lowest BCUT2D eigenvalue weighted by molar-refractivity contribution is 1.20. The third-order valence-electron chi connectivity index (χ3n) is 2.05. The molecule has 0 bridgehead atoms. The molecule has 0 unspecified atom stereocenters. The Balaban J connectivity index is 2.86. The maximum Gasteiger partial charge on any atom is 0.141 e. The van der Waals surface area contributed by atoms with Crippen molar-refractivity contribution in [3.63, 3.8) is 0 Å². The van der Waals surface area contributed by atoms with Gasteiger partial charge in [0.05, 0.1) is 0 Å². The molecular weight excluding hydrogens is 160 g/mol. The SMILES string of the molecule is Cc1nc(C#N)cc2ccccc12. The van der Waals surface area contributed by atoms with Gasteiger partial charge in [-0.05, 0) is 18.4 Å². The number of nitriles is 1. The van der Waals surface area contributed by atoms with Crippen LogP contribution in [0.3, 0.4) is 0 Å². The van der Waals surface area contributed by atoms with Gasteiger partial charge in [0.25, 0.3) is 0 Å². The lowest BCUT2D eigenvalue weighted by Crippen LogP contribution is -1.88. The van der Waals surface area contributed by atoms with E-state index in [1.54, 1.807) is 0 Å². The molecule has 0 aliphatic heterocycles. The molecule has 0 amide bonds. The Morgan fingerprint density at radius 1 is 1.31 bits per heavy atom. The quantitative estimate of drug-likeness (QED) is 0.605. The Kier molecular flexibility index (Phi) is 1.71. The summed E-state index contributed by atoms with van der Waals surface area (Å²) in [6, 6.07) is 11.8. The number of benzene rings is 1. The first-order valence-electron chi connectivity index (χ1n) is 4.08. The number of rotatable bonds is 0. The van der Waals surface area contributed by atoms with Crippen molar-refractivity contribution in [3.05, 3.63) is 41.7 Å². The standard InChI is InChI=1S/C11H8N2/c1-8-11-5-3-2-4-9(11)6-10(7-12)13-8/h2-6H,1H3. The maximum absolute atomic E-state index is 8.71. The van der Waals surface area contributed by atoms with Crippen molar-refractivity contribution >= 4 is 10.8 Å². The predicted octanol–water partition coefficient (Wildman–Crippen LogP) is 2.41. The van der Waals surface area contributed by atoms with Crippen LogP contribution in [-0.2, 0) is 0 Å². The molecule has 1 heterocycles. The van der Waals surface area contributed by atoms with Crippen molar-refractivity contribution in [1.29, 1.82) is 5.26 Å². The Bertz CT molecular complexity index is 495. The van der Waals surface area contributed by atoms with E-state index in [9.17, 15) is 0 Å². The summed E-state index contributed by atoms with van der Waals surface area (Å²) in [5.74, 6) is 0. The fourth-order valence-electron chi connectivity index (χ4n) is 1.43. The first-order chi connectivity index (χ1) is 6.31. The van der Waals surface area contributed by atoms with Gasteiger partial charge in [-0.25, -0.2) is 4.98 Å². The number of hydrogen-bond acceptors (Lipinski definition) is 2. The van der Waals surface area contributed by atoms with Gasteiger partial charge in [0.15, 0.2) is 0 Å². The molecule has 0 aliphatic carbocycles. The summed E-state index contributed by atoms with van der Waals surface area (Å²) < 4.78 is 0. The highest BCUT2D eigenvalue weighted by molar-refractivity contribution is 5.85. The van der Waals surface area contributed by atoms with Crippen LogP contribution >= 0.6 is 0 Å². The number of nitrogens with zero attached hydrogens (tertiary/aromatic N) is 2. The third-order valence-corrected chi connectivity index (χ3v) is 2.05. The first kappa shape index (κ1) is 7.75. The van der Waals surface area contributed by atoms with Gasteiger partial charge in [-0.2, -0.15) is 5.26 Å². The van der Waals surface area contributed by atoms with E-state index >= 15 is 0 Å². The van der Waals surface area contributed by atoms with Crippen molar-refractivity contribution in [2.45, 2.75) is 6.92 Å². The summed E-state index contributed by atoms with van der Waals surface area (Å²) in [6.45, 7) is 1.92. The smallest absolute Gasteiger partial charge is 0.141 e. The summed E-state index contributed by atoms with van der Waals surface area (Å²) in [4.78, 5) is 4.16. The summed E-state index contributed by atoms with van der Waals surface area (Å²) in [5.41, 5.74) is 1.39. The predicted molar refractivity (Wildman–Crippen MR) is 51.2 cm³/mol. The van der Waals surface area contributed by atoms with E-state index in [0.29, 0.717) is 5.69 Å². The van der Waals surface area contributed by atoms with Crippen LogP contribution in [0.4, 0.5) is 0 Å². The molecule has 0 saturated carbocycles. The normalized spacial score (nSPS) is 9.85. The summed E-state index contributed by atoms with van der Waals surface area (Å²) in [5, 5.41) is 10.9. The van der Waals surface area contributed by atoms with Crippen molar-refractivity contribution < 1.29 is 0 Å². The van der Waals surface area contributed by atoms with Gasteiger partial charge in [-0.15, -0.1) is 0 Å². The van der Waals surface area contributed by atoms with Crippen LogP contribution < -0.4 is 0 Å². The number of aromatic nitrogens is 1. The van der Waals surface area contributed by atoms with Crippen molar-refractivity contribution in [2.75, 3.05) is 0 Å². The molecule has 0 spiro atoms. The van der Waals surface area contributed by atoms with Gasteiger partial charge in [-0.3, -0.25) is 0 Å². The summed E-state index contributed by atoms with van der Waals surface area (Å²) in [6.07, 6.45) is 0. The van der Waals surface area contributed by atoms with Crippen LogP contribution in [0.5, 0.6) is 0 Å². The van der Waals surface area contributed by atoms with Gasteiger partial charge in [-0.1, -0.05) is 24.3 Å². The number of aryl methyl sites for hydroxylation is 1. The van der Waals surface area contributed by atoms with Crippen molar-refractivity contribution in [2.24, 2.45) is 0 Å². The molecule has 2 aromatic rings. The molecule has 0 saturated heterocycles. The molecule has 2 heteroatoms. The molecule has 62 valence electrons. The first-order valence-corrected chi connectivity index (χ1v) is 4.08. The minimum absolute atomic E-state index is 0.483. The highest BCUT2D eigenvalue weighted by atomic mass is 14.7. The molecule has 0 atom stereocenters. The second-order valence-corrected chi connectivity index (χ2v) is 2.93. The fraction of sp³-hybridized carbons (Fsp3) is 0.0909. The van der Waals surface area contributed by atoms with E-state index < -0.39 is 0 Å². The molecule has 1 aromatic heterocycles. The van der Waals surface area contributed by atoms with Crippen molar-refractivity contribution in [1.82, 2.24) is 4.98 Å². The number of hydrogen-bond donors (Lipinski definition) is 0. The van der Waals surface area contributed by atoms with E-state index in [-0.39, 0.29) is 0 Å². The minimum atomic E-state index is 0.483. The van der Waals surface area contributed by atoms with Gasteiger partial charge in [0, 0.05) is 11.1 Å². The Hall–Kier alpha value is -1.88. The van der Waals surface area contributed by atoms with E-state index in [0.717, 1.165) is 16.5 Å². The minimum Gasteiger partial charge on any atom is -0.242 e. The molecule has 2 nitrogen and oxygen atoms in total. The van der Waals surface area contributed by atoms with Gasteiger partial charge >= 0.3 is 0 Å². The van der Waals surface area contributed by atoms with E-state index in [2.05, 4.69) is 4.98 Å². The topological polar surface area (TPSA) is 36.7 Å². The van der Waals surface area contributed by atoms with E-state index in [1.165, 1.54) is 0 Å². The zero-order valence-corrected chi connectivity index (χ0v) is 7.28. The molecule has 2 rings (SSSR count). The van der Waals surface area contributed by atoms with Crippen LogP contribution in [0, 0.1) is 18.3 Å². The summed E-state index contributed by atoms with van der Waals surface area (Å²) >= 11 is 0. The van der Waals surface area contributed by atoms with Gasteiger partial charge < -0.3 is 0 Å². The lowest BCUT2D eigenvalue weighted by atomic mass is 10.1. The average Bonchev–Trinajstić information content (AvgIpc) is 2.18. The zero-order chi connectivity index (χ0) is 9.26. The molecule has 1 aromatic carbocycles. The number of pyridine rings is 1. The second-order valence-electron chi connectivity index (χ2n) is 2.93. The lowest BCUT2D eigenvalue weighted by Gasteiger charge is -2.00. The molecular formula is C11H8N2. The Morgan fingerprint density at radius 2 is 2.08 bits per heavy atom. The molecule has 0 N–H and O–H groups in total. The summed E-state index contributed by atoms with van der Waals surface area (Å²) in [7, 11) is 0. The van der Waals surface area contributed by atoms with Crippen molar-refractivity contribution in [3.8, 4) is 6.07 Å². The Morgan fingerprint density at radius 3 is 2.85 bits per heavy atom. The largest absolute Gasteiger partial charge is 0.242 e. The molecule has 0 aliphatic rings. The molecule has 13 heavy (non-hydrogen) atoms. The van der Waals surface area contributed by atoms with Crippen LogP contribution in [0.1, 0.15) is 11.4 Å². The van der Waals surface area contributed by atoms with Gasteiger partial charge in [0.2, 0.25) is 0 Å². The van der Waals surface area contributed by atoms with Gasteiger partial charge in [0.1, 0.15) is 11.8 Å². The maximum atomic E-state index is 8.71. The Labute approximate surface area is 76.5 Å². The number of fused-ring (bicyclic) bond motifs is 1. The molecule has 0 fully saturated rings. The highest BCUT2D eigenvalue weighted by Crippen LogP contribution is 2.16. The highest BCUT2D eigenvalue weighted by Gasteiger charge is 1.99. The molecule has 0 radical (unpaired) electrons. The zero-order valence-electron chi connectivity index (χ0n) is 7.28. The fourth-order valence-corrected chi connectivity index (χ4v) is 1.43. The van der Waals surface area contributed by atoms with Crippen LogP contribution in [0.25, 0.3) is 10.8 Å².